The molecular weight excluding hydrogens is 446 g/mol. The van der Waals surface area contributed by atoms with Gasteiger partial charge in [0.15, 0.2) is 0 Å². The highest BCUT2D eigenvalue weighted by Gasteiger charge is 2.27. The van der Waals surface area contributed by atoms with Crippen LogP contribution in [-0.4, -0.2) is 54.8 Å². The van der Waals surface area contributed by atoms with Crippen molar-refractivity contribution in [1.82, 2.24) is 14.5 Å². The molecule has 0 aliphatic rings. The van der Waals surface area contributed by atoms with Gasteiger partial charge in [-0.1, -0.05) is 11.6 Å². The van der Waals surface area contributed by atoms with E-state index < -0.39 is 6.04 Å². The Hall–Kier alpha value is -3.10. The number of ether oxygens (including phenoxy) is 3. The molecule has 3 rings (SSSR count). The topological polar surface area (TPSA) is 82.9 Å². The second kappa shape index (κ2) is 10.7. The number of fused-ring (bicyclic) bond motifs is 1. The van der Waals surface area contributed by atoms with Crippen molar-refractivity contribution < 1.29 is 19.0 Å². The first-order chi connectivity index (χ1) is 15.8. The Morgan fingerprint density at radius 3 is 2.39 bits per heavy atom. The van der Waals surface area contributed by atoms with Crippen LogP contribution in [0.4, 0.5) is 0 Å². The van der Waals surface area contributed by atoms with E-state index in [1.54, 1.807) is 55.5 Å². The van der Waals surface area contributed by atoms with Gasteiger partial charge >= 0.3 is 0 Å². The van der Waals surface area contributed by atoms with Gasteiger partial charge in [-0.3, -0.25) is 14.2 Å². The Morgan fingerprint density at radius 2 is 1.79 bits per heavy atom. The number of hydrogen-bond acceptors (Lipinski definition) is 6. The van der Waals surface area contributed by atoms with Crippen molar-refractivity contribution in [1.29, 1.82) is 0 Å². The summed E-state index contributed by atoms with van der Waals surface area (Å²) in [5.74, 6) is 1.23. The average molecular weight is 474 g/mol. The molecule has 0 aliphatic heterocycles. The van der Waals surface area contributed by atoms with Crippen molar-refractivity contribution in [3.63, 3.8) is 0 Å². The molecular formula is C24H28ClN3O5. The molecule has 0 saturated heterocycles. The standard InChI is InChI=1S/C24H28ClN3O5/c1-15(22-26-21-13-17(25)7-8-20(21)24(30)27(22)2)28(9-6-10-31-3)23(29)16-11-18(32-4)14-19(12-16)33-5/h7-8,11-15H,6,9-10H2,1-5H3. The van der Waals surface area contributed by atoms with Crippen LogP contribution >= 0.6 is 11.6 Å². The molecule has 1 amide bonds. The third-order valence-corrected chi connectivity index (χ3v) is 5.76. The highest BCUT2D eigenvalue weighted by Crippen LogP contribution is 2.27. The van der Waals surface area contributed by atoms with Crippen LogP contribution in [0.25, 0.3) is 10.9 Å². The van der Waals surface area contributed by atoms with E-state index in [4.69, 9.17) is 30.8 Å². The summed E-state index contributed by atoms with van der Waals surface area (Å²) in [6, 6.07) is 9.48. The molecule has 1 unspecified atom stereocenters. The monoisotopic (exact) mass is 473 g/mol. The van der Waals surface area contributed by atoms with Gasteiger partial charge in [0.25, 0.3) is 11.5 Å². The van der Waals surface area contributed by atoms with E-state index in [-0.39, 0.29) is 11.5 Å². The van der Waals surface area contributed by atoms with Gasteiger partial charge in [-0.05, 0) is 43.7 Å². The van der Waals surface area contributed by atoms with Gasteiger partial charge in [0.2, 0.25) is 0 Å². The predicted molar refractivity (Wildman–Crippen MR) is 127 cm³/mol. The van der Waals surface area contributed by atoms with Crippen LogP contribution in [0, 0.1) is 0 Å². The number of hydrogen-bond donors (Lipinski definition) is 0. The molecule has 2 aromatic carbocycles. The molecule has 0 saturated carbocycles. The van der Waals surface area contributed by atoms with Crippen LogP contribution < -0.4 is 15.0 Å². The summed E-state index contributed by atoms with van der Waals surface area (Å²) < 4.78 is 17.3. The molecule has 0 N–H and O–H groups in total. The third-order valence-electron chi connectivity index (χ3n) is 5.52. The Kier molecular flexibility index (Phi) is 7.94. The molecule has 33 heavy (non-hydrogen) atoms. The van der Waals surface area contributed by atoms with Gasteiger partial charge in [-0.15, -0.1) is 0 Å². The van der Waals surface area contributed by atoms with E-state index in [2.05, 4.69) is 0 Å². The molecule has 1 heterocycles. The molecule has 0 spiro atoms. The van der Waals surface area contributed by atoms with Gasteiger partial charge in [-0.25, -0.2) is 4.98 Å². The second-order valence-corrected chi connectivity index (χ2v) is 8.05. The summed E-state index contributed by atoms with van der Waals surface area (Å²) in [4.78, 5) is 33.0. The van der Waals surface area contributed by atoms with Crippen LogP contribution in [0.3, 0.4) is 0 Å². The fraction of sp³-hybridized carbons (Fsp3) is 0.375. The fourth-order valence-electron chi connectivity index (χ4n) is 3.72. The molecule has 1 atom stereocenters. The minimum absolute atomic E-state index is 0.203. The fourth-order valence-corrected chi connectivity index (χ4v) is 3.89. The van der Waals surface area contributed by atoms with Crippen molar-refractivity contribution >= 4 is 28.4 Å². The van der Waals surface area contributed by atoms with Crippen LogP contribution in [-0.2, 0) is 11.8 Å². The zero-order valence-corrected chi connectivity index (χ0v) is 20.2. The first-order valence-electron chi connectivity index (χ1n) is 10.5. The van der Waals surface area contributed by atoms with Crippen molar-refractivity contribution in [2.45, 2.75) is 19.4 Å². The normalized spacial score (nSPS) is 11.9. The number of rotatable bonds is 9. The second-order valence-electron chi connectivity index (χ2n) is 7.62. The lowest BCUT2D eigenvalue weighted by Crippen LogP contribution is -2.38. The number of methoxy groups -OCH3 is 3. The van der Waals surface area contributed by atoms with E-state index >= 15 is 0 Å². The molecule has 1 aromatic heterocycles. The van der Waals surface area contributed by atoms with Crippen LogP contribution in [0.2, 0.25) is 5.02 Å². The Bertz CT molecular complexity index is 1190. The molecule has 9 heteroatoms. The molecule has 0 bridgehead atoms. The summed E-state index contributed by atoms with van der Waals surface area (Å²) in [7, 11) is 6.33. The molecule has 3 aromatic rings. The van der Waals surface area contributed by atoms with Crippen LogP contribution in [0.15, 0.2) is 41.2 Å². The predicted octanol–water partition coefficient (Wildman–Crippen LogP) is 3.84. The average Bonchev–Trinajstić information content (AvgIpc) is 2.82. The first-order valence-corrected chi connectivity index (χ1v) is 10.9. The van der Waals surface area contributed by atoms with E-state index in [9.17, 15) is 9.59 Å². The number of amides is 1. The van der Waals surface area contributed by atoms with Gasteiger partial charge in [0, 0.05) is 44.0 Å². The maximum absolute atomic E-state index is 13.6. The maximum Gasteiger partial charge on any atom is 0.261 e. The number of benzene rings is 2. The smallest absolute Gasteiger partial charge is 0.261 e. The Morgan fingerprint density at radius 1 is 1.12 bits per heavy atom. The van der Waals surface area contributed by atoms with Crippen molar-refractivity contribution in [3.05, 3.63) is 63.2 Å². The first kappa shape index (κ1) is 24.5. The number of halogens is 1. The minimum Gasteiger partial charge on any atom is -0.497 e. The van der Waals surface area contributed by atoms with E-state index in [1.807, 2.05) is 6.92 Å². The van der Waals surface area contributed by atoms with Crippen molar-refractivity contribution in [2.75, 3.05) is 34.5 Å². The Balaban J connectivity index is 2.08. The molecule has 8 nitrogen and oxygen atoms in total. The molecule has 0 fully saturated rings. The SMILES string of the molecule is COCCCN(C(=O)c1cc(OC)cc(OC)c1)C(C)c1nc2cc(Cl)ccc2c(=O)n1C. The molecule has 0 aliphatic carbocycles. The summed E-state index contributed by atoms with van der Waals surface area (Å²) in [6.07, 6.45) is 0.612. The van der Waals surface area contributed by atoms with Crippen molar-refractivity contribution in [2.24, 2.45) is 7.05 Å². The van der Waals surface area contributed by atoms with Crippen LogP contribution in [0.5, 0.6) is 11.5 Å². The lowest BCUT2D eigenvalue weighted by atomic mass is 10.1. The number of aromatic nitrogens is 2. The third kappa shape index (κ3) is 5.29. The minimum atomic E-state index is -0.507. The Labute approximate surface area is 197 Å². The number of carbonyl (C=O) groups excluding carboxylic acids is 1. The number of carbonyl (C=O) groups is 1. The van der Waals surface area contributed by atoms with E-state index in [1.165, 1.54) is 18.8 Å². The summed E-state index contributed by atoms with van der Waals surface area (Å²) in [5, 5.41) is 0.950. The maximum atomic E-state index is 13.6. The van der Waals surface area contributed by atoms with E-state index in [0.29, 0.717) is 58.4 Å². The van der Waals surface area contributed by atoms with Gasteiger partial charge < -0.3 is 19.1 Å². The lowest BCUT2D eigenvalue weighted by Gasteiger charge is -2.30. The summed E-state index contributed by atoms with van der Waals surface area (Å²) >= 11 is 6.13. The highest BCUT2D eigenvalue weighted by molar-refractivity contribution is 6.31. The summed E-state index contributed by atoms with van der Waals surface area (Å²) in [6.45, 7) is 2.73. The summed E-state index contributed by atoms with van der Waals surface area (Å²) in [5.41, 5.74) is 0.690. The molecule has 0 radical (unpaired) electrons. The zero-order valence-electron chi connectivity index (χ0n) is 19.4. The molecule has 176 valence electrons. The zero-order chi connectivity index (χ0) is 24.1. The van der Waals surface area contributed by atoms with Gasteiger partial charge in [0.1, 0.15) is 17.3 Å². The van der Waals surface area contributed by atoms with E-state index in [0.717, 1.165) is 0 Å². The van der Waals surface area contributed by atoms with Crippen molar-refractivity contribution in [3.8, 4) is 11.5 Å². The lowest BCUT2D eigenvalue weighted by molar-refractivity contribution is 0.0655. The largest absolute Gasteiger partial charge is 0.497 e. The van der Waals surface area contributed by atoms with Gasteiger partial charge in [-0.2, -0.15) is 0 Å². The quantitative estimate of drug-likeness (QED) is 0.439. The van der Waals surface area contributed by atoms with Crippen LogP contribution in [0.1, 0.15) is 35.6 Å². The highest BCUT2D eigenvalue weighted by atomic mass is 35.5. The number of nitrogens with zero attached hydrogens (tertiary/aromatic N) is 3. The van der Waals surface area contributed by atoms with Gasteiger partial charge in [0.05, 0.1) is 31.2 Å².